The molecule has 2 heteroatoms. The number of rotatable bonds is 5. The summed E-state index contributed by atoms with van der Waals surface area (Å²) >= 11 is 0. The molecular weight excluding hydrogens is 246 g/mol. The molecule has 0 fully saturated rings. The molecule has 0 atom stereocenters. The maximum absolute atomic E-state index is 5.61. The normalized spacial score (nSPS) is 10.7. The van der Waals surface area contributed by atoms with Gasteiger partial charge in [0.05, 0.1) is 5.69 Å². The molecule has 0 radical (unpaired) electrons. The third-order valence-electron chi connectivity index (χ3n) is 2.97. The van der Waals surface area contributed by atoms with Gasteiger partial charge in [0.1, 0.15) is 12.4 Å². The van der Waals surface area contributed by atoms with Crippen LogP contribution in [0.1, 0.15) is 16.7 Å². The molecule has 0 aliphatic heterocycles. The summed E-state index contributed by atoms with van der Waals surface area (Å²) in [7, 11) is 0. The first-order valence-electron chi connectivity index (χ1n) is 6.65. The Morgan fingerprint density at radius 2 is 1.95 bits per heavy atom. The zero-order valence-electron chi connectivity index (χ0n) is 12.0. The summed E-state index contributed by atoms with van der Waals surface area (Å²) in [5.41, 5.74) is 4.37. The number of benzene rings is 2. The summed E-state index contributed by atoms with van der Waals surface area (Å²) in [5, 5.41) is 0. The average Bonchev–Trinajstić information content (AvgIpc) is 2.45. The van der Waals surface area contributed by atoms with Crippen LogP contribution >= 0.6 is 0 Å². The molecule has 2 rings (SSSR count). The van der Waals surface area contributed by atoms with Crippen molar-refractivity contribution >= 4 is 11.9 Å². The Bertz CT molecular complexity index is 629. The molecule has 0 N–H and O–H groups in total. The van der Waals surface area contributed by atoms with Crippen molar-refractivity contribution in [2.75, 3.05) is 6.61 Å². The summed E-state index contributed by atoms with van der Waals surface area (Å²) in [6.45, 7) is 8.31. The van der Waals surface area contributed by atoms with Crippen LogP contribution in [-0.2, 0) is 0 Å². The number of hydrogen-bond acceptors (Lipinski definition) is 2. The molecule has 2 nitrogen and oxygen atoms in total. The van der Waals surface area contributed by atoms with Crippen LogP contribution in [0.2, 0.25) is 0 Å². The van der Waals surface area contributed by atoms with Gasteiger partial charge in [-0.2, -0.15) is 0 Å². The lowest BCUT2D eigenvalue weighted by Crippen LogP contribution is -1.96. The van der Waals surface area contributed by atoms with Gasteiger partial charge in [-0.05, 0) is 37.6 Å². The highest BCUT2D eigenvalue weighted by Crippen LogP contribution is 2.21. The highest BCUT2D eigenvalue weighted by atomic mass is 16.5. The zero-order chi connectivity index (χ0) is 14.4. The van der Waals surface area contributed by atoms with Gasteiger partial charge in [-0.25, -0.2) is 0 Å². The molecule has 0 bridgehead atoms. The molecule has 2 aromatic carbocycles. The van der Waals surface area contributed by atoms with Crippen molar-refractivity contribution in [1.82, 2.24) is 0 Å². The van der Waals surface area contributed by atoms with E-state index in [1.807, 2.05) is 36.5 Å². The highest BCUT2D eigenvalue weighted by Gasteiger charge is 2.00. The Labute approximate surface area is 120 Å². The second-order valence-electron chi connectivity index (χ2n) is 4.69. The molecule has 0 amide bonds. The van der Waals surface area contributed by atoms with Gasteiger partial charge in [0.25, 0.3) is 0 Å². The van der Waals surface area contributed by atoms with Gasteiger partial charge in [0.2, 0.25) is 0 Å². The quantitative estimate of drug-likeness (QED) is 0.571. The first-order valence-corrected chi connectivity index (χ1v) is 6.65. The van der Waals surface area contributed by atoms with Gasteiger partial charge in [-0.1, -0.05) is 42.5 Å². The predicted molar refractivity (Wildman–Crippen MR) is 85.3 cm³/mol. The molecule has 0 unspecified atom stereocenters. The zero-order valence-corrected chi connectivity index (χ0v) is 12.0. The standard InChI is InChI=1S/C18H19NO/c1-4-11-20-18-8-6-5-7-16(18)13-19-17-10-9-14(2)12-15(17)3/h4-10,12-13H,1,11H2,2-3H3. The molecule has 0 saturated carbocycles. The molecule has 2 aromatic rings. The lowest BCUT2D eigenvalue weighted by atomic mass is 10.1. The topological polar surface area (TPSA) is 21.6 Å². The van der Waals surface area contributed by atoms with Crippen LogP contribution in [0.15, 0.2) is 60.1 Å². The predicted octanol–water partition coefficient (Wildman–Crippen LogP) is 4.62. The van der Waals surface area contributed by atoms with Crippen LogP contribution < -0.4 is 4.74 Å². The van der Waals surface area contributed by atoms with E-state index in [0.29, 0.717) is 6.61 Å². The van der Waals surface area contributed by atoms with Crippen LogP contribution in [0.25, 0.3) is 0 Å². The van der Waals surface area contributed by atoms with Gasteiger partial charge in [0, 0.05) is 11.8 Å². The van der Waals surface area contributed by atoms with Gasteiger partial charge in [-0.15, -0.1) is 0 Å². The summed E-state index contributed by atoms with van der Waals surface area (Å²) in [6.07, 6.45) is 3.58. The van der Waals surface area contributed by atoms with Crippen molar-refractivity contribution in [3.63, 3.8) is 0 Å². The number of aryl methyl sites for hydroxylation is 2. The Balaban J connectivity index is 2.24. The summed E-state index contributed by atoms with van der Waals surface area (Å²) in [6, 6.07) is 14.1. The van der Waals surface area contributed by atoms with Crippen molar-refractivity contribution in [1.29, 1.82) is 0 Å². The lowest BCUT2D eigenvalue weighted by molar-refractivity contribution is 0.363. The Morgan fingerprint density at radius 1 is 1.15 bits per heavy atom. The first kappa shape index (κ1) is 14.1. The fourth-order valence-electron chi connectivity index (χ4n) is 1.96. The largest absolute Gasteiger partial charge is 0.489 e. The van der Waals surface area contributed by atoms with E-state index in [9.17, 15) is 0 Å². The van der Waals surface area contributed by atoms with Crippen LogP contribution in [0, 0.1) is 13.8 Å². The molecule has 0 saturated heterocycles. The third-order valence-corrected chi connectivity index (χ3v) is 2.97. The lowest BCUT2D eigenvalue weighted by Gasteiger charge is -2.06. The summed E-state index contributed by atoms with van der Waals surface area (Å²) < 4.78 is 5.61. The van der Waals surface area contributed by atoms with Gasteiger partial charge < -0.3 is 4.74 Å². The summed E-state index contributed by atoms with van der Waals surface area (Å²) in [5.74, 6) is 0.820. The van der Waals surface area contributed by atoms with E-state index in [4.69, 9.17) is 4.74 Å². The maximum Gasteiger partial charge on any atom is 0.128 e. The van der Waals surface area contributed by atoms with E-state index < -0.39 is 0 Å². The highest BCUT2D eigenvalue weighted by molar-refractivity contribution is 5.85. The number of para-hydroxylation sites is 1. The van der Waals surface area contributed by atoms with E-state index in [0.717, 1.165) is 17.0 Å². The SMILES string of the molecule is C=CCOc1ccccc1C=Nc1ccc(C)cc1C. The molecule has 0 heterocycles. The second kappa shape index (κ2) is 6.71. The monoisotopic (exact) mass is 265 g/mol. The fraction of sp³-hybridized carbons (Fsp3) is 0.167. The van der Waals surface area contributed by atoms with Crippen molar-refractivity contribution in [3.8, 4) is 5.75 Å². The second-order valence-corrected chi connectivity index (χ2v) is 4.69. The molecule has 0 aliphatic rings. The number of ether oxygens (including phenoxy) is 1. The van der Waals surface area contributed by atoms with Crippen molar-refractivity contribution < 1.29 is 4.74 Å². The molecule has 0 aliphatic carbocycles. The maximum atomic E-state index is 5.61. The Morgan fingerprint density at radius 3 is 2.70 bits per heavy atom. The van der Waals surface area contributed by atoms with Crippen LogP contribution in [-0.4, -0.2) is 12.8 Å². The fourth-order valence-corrected chi connectivity index (χ4v) is 1.96. The minimum atomic E-state index is 0.494. The van der Waals surface area contributed by atoms with Gasteiger partial charge >= 0.3 is 0 Å². The third kappa shape index (κ3) is 3.58. The van der Waals surface area contributed by atoms with Gasteiger partial charge in [-0.3, -0.25) is 4.99 Å². The van der Waals surface area contributed by atoms with E-state index in [2.05, 4.69) is 37.6 Å². The minimum Gasteiger partial charge on any atom is -0.489 e. The van der Waals surface area contributed by atoms with Crippen molar-refractivity contribution in [2.45, 2.75) is 13.8 Å². The van der Waals surface area contributed by atoms with E-state index in [1.54, 1.807) is 6.08 Å². The van der Waals surface area contributed by atoms with Gasteiger partial charge in [0.15, 0.2) is 0 Å². The van der Waals surface area contributed by atoms with Crippen LogP contribution in [0.3, 0.4) is 0 Å². The Hall–Kier alpha value is -2.35. The van der Waals surface area contributed by atoms with E-state index in [-0.39, 0.29) is 0 Å². The van der Waals surface area contributed by atoms with E-state index >= 15 is 0 Å². The first-order chi connectivity index (χ1) is 9.70. The molecule has 20 heavy (non-hydrogen) atoms. The average molecular weight is 265 g/mol. The molecule has 0 spiro atoms. The van der Waals surface area contributed by atoms with Crippen molar-refractivity contribution in [3.05, 3.63) is 71.8 Å². The smallest absolute Gasteiger partial charge is 0.128 e. The molecular formula is C18H19NO. The number of hydrogen-bond donors (Lipinski definition) is 0. The van der Waals surface area contributed by atoms with Crippen LogP contribution in [0.5, 0.6) is 5.75 Å². The molecule has 102 valence electrons. The van der Waals surface area contributed by atoms with Crippen molar-refractivity contribution in [2.24, 2.45) is 4.99 Å². The van der Waals surface area contributed by atoms with Crippen LogP contribution in [0.4, 0.5) is 5.69 Å². The molecule has 0 aromatic heterocycles. The number of nitrogens with zero attached hydrogens (tertiary/aromatic N) is 1. The van der Waals surface area contributed by atoms with E-state index in [1.165, 1.54) is 11.1 Å². The number of aliphatic imine (C=N–C) groups is 1. The minimum absolute atomic E-state index is 0.494. The summed E-state index contributed by atoms with van der Waals surface area (Å²) in [4.78, 5) is 4.56. The Kier molecular flexibility index (Phi) is 4.72.